The Morgan fingerprint density at radius 2 is 2.18 bits per heavy atom. The molecule has 1 fully saturated rings. The number of halogens is 3. The van der Waals surface area contributed by atoms with Crippen LogP contribution in [0.3, 0.4) is 0 Å². The second kappa shape index (κ2) is 2.69. The molecule has 0 aliphatic carbocycles. The van der Waals surface area contributed by atoms with Gasteiger partial charge in [0.1, 0.15) is 12.6 Å². The van der Waals surface area contributed by atoms with Crippen LogP contribution >= 0.6 is 0 Å². The van der Waals surface area contributed by atoms with E-state index in [1.807, 2.05) is 0 Å². The summed E-state index contributed by atoms with van der Waals surface area (Å²) in [6, 6.07) is -1.84. The van der Waals surface area contributed by atoms with E-state index in [-0.39, 0.29) is 6.61 Å². The van der Waals surface area contributed by atoms with Gasteiger partial charge >= 0.3 is 6.18 Å². The monoisotopic (exact) mass is 169 g/mol. The molecule has 0 aromatic heterocycles. The fraction of sp³-hybridized carbons (Fsp3) is 0.800. The normalized spacial score (nSPS) is 26.5. The van der Waals surface area contributed by atoms with Gasteiger partial charge in [-0.25, -0.2) is 0 Å². The molecule has 1 aliphatic rings. The number of alkyl halides is 3. The van der Waals surface area contributed by atoms with Gasteiger partial charge in [-0.05, 0) is 0 Å². The summed E-state index contributed by atoms with van der Waals surface area (Å²) in [4.78, 5) is 10.4. The molecule has 0 spiro atoms. The van der Waals surface area contributed by atoms with Crippen LogP contribution in [0.2, 0.25) is 0 Å². The number of hydrogen-bond acceptors (Lipinski definition) is 2. The van der Waals surface area contributed by atoms with Crippen LogP contribution in [0.15, 0.2) is 0 Å². The highest BCUT2D eigenvalue weighted by Crippen LogP contribution is 2.21. The maximum atomic E-state index is 11.8. The molecule has 1 N–H and O–H groups in total. The Bertz CT molecular complexity index is 168. The van der Waals surface area contributed by atoms with Crippen LogP contribution < -0.4 is 5.32 Å². The highest BCUT2D eigenvalue weighted by Gasteiger charge is 2.42. The lowest BCUT2D eigenvalue weighted by Crippen LogP contribution is -2.53. The van der Waals surface area contributed by atoms with Crippen LogP contribution in [0.1, 0.15) is 0 Å². The van der Waals surface area contributed by atoms with E-state index >= 15 is 0 Å². The number of carbonyl (C=O) groups excluding carboxylic acids is 1. The summed E-state index contributed by atoms with van der Waals surface area (Å²) in [5.41, 5.74) is 0. The maximum absolute atomic E-state index is 11.8. The first-order chi connectivity index (χ1) is 5.00. The summed E-state index contributed by atoms with van der Waals surface area (Å²) in [6.07, 6.45) is -4.41. The van der Waals surface area contributed by atoms with Crippen LogP contribution in [0.5, 0.6) is 0 Å². The molecule has 0 bridgehead atoms. The molecule has 6 heteroatoms. The first kappa shape index (κ1) is 8.32. The lowest BCUT2D eigenvalue weighted by Gasteiger charge is -2.25. The van der Waals surface area contributed by atoms with Crippen molar-refractivity contribution in [3.8, 4) is 0 Å². The molecule has 0 aromatic rings. The average Bonchev–Trinajstić information content (AvgIpc) is 1.86. The van der Waals surface area contributed by atoms with E-state index in [4.69, 9.17) is 0 Å². The Morgan fingerprint density at radius 1 is 1.55 bits per heavy atom. The fourth-order valence-corrected chi connectivity index (χ4v) is 0.723. The Hall–Kier alpha value is -0.780. The Kier molecular flexibility index (Phi) is 2.03. The standard InChI is InChI=1S/C5H6F3NO2/c6-5(7,8)3-1-11-2-4(10)9-3/h3H,1-2H2,(H,9,10)/t3-/m1/s1. The van der Waals surface area contributed by atoms with Crippen molar-refractivity contribution in [2.45, 2.75) is 12.2 Å². The molecule has 1 saturated heterocycles. The lowest BCUT2D eigenvalue weighted by atomic mass is 10.3. The van der Waals surface area contributed by atoms with Crippen LogP contribution in [-0.4, -0.2) is 31.3 Å². The molecule has 3 nitrogen and oxygen atoms in total. The van der Waals surface area contributed by atoms with Gasteiger partial charge in [0.2, 0.25) is 5.91 Å². The van der Waals surface area contributed by atoms with Crippen LogP contribution in [0, 0.1) is 0 Å². The zero-order chi connectivity index (χ0) is 8.48. The number of carbonyl (C=O) groups is 1. The SMILES string of the molecule is O=C1COC[C@H](C(F)(F)F)N1. The first-order valence-electron chi connectivity index (χ1n) is 2.94. The van der Waals surface area contributed by atoms with Gasteiger partial charge in [0.25, 0.3) is 0 Å². The molecule has 64 valence electrons. The van der Waals surface area contributed by atoms with E-state index < -0.39 is 24.7 Å². The summed E-state index contributed by atoms with van der Waals surface area (Å²) in [5, 5.41) is 1.77. The van der Waals surface area contributed by atoms with Crippen LogP contribution in [0.25, 0.3) is 0 Å². The predicted octanol–water partition coefficient (Wildman–Crippen LogP) is 0.0637. The van der Waals surface area contributed by atoms with E-state index in [0.29, 0.717) is 0 Å². The average molecular weight is 169 g/mol. The predicted molar refractivity (Wildman–Crippen MR) is 28.8 cm³/mol. The van der Waals surface area contributed by atoms with E-state index in [1.165, 1.54) is 0 Å². The third kappa shape index (κ3) is 2.07. The van der Waals surface area contributed by atoms with Crippen LogP contribution in [0.4, 0.5) is 13.2 Å². The quantitative estimate of drug-likeness (QED) is 0.557. The molecule has 11 heavy (non-hydrogen) atoms. The Balaban J connectivity index is 2.53. The second-order valence-corrected chi connectivity index (χ2v) is 2.18. The highest BCUT2D eigenvalue weighted by atomic mass is 19.4. The van der Waals surface area contributed by atoms with Gasteiger partial charge in [-0.2, -0.15) is 13.2 Å². The number of morpholine rings is 1. The molecule has 1 heterocycles. The molecule has 0 aromatic carbocycles. The second-order valence-electron chi connectivity index (χ2n) is 2.18. The third-order valence-corrected chi connectivity index (χ3v) is 1.25. The highest BCUT2D eigenvalue weighted by molar-refractivity contribution is 5.78. The smallest absolute Gasteiger partial charge is 0.369 e. The zero-order valence-electron chi connectivity index (χ0n) is 5.44. The largest absolute Gasteiger partial charge is 0.410 e. The minimum absolute atomic E-state index is 0.285. The van der Waals surface area contributed by atoms with Crippen molar-refractivity contribution in [2.24, 2.45) is 0 Å². The lowest BCUT2D eigenvalue weighted by molar-refractivity contribution is -0.182. The summed E-state index contributed by atoms with van der Waals surface area (Å²) < 4.78 is 39.8. The molecule has 0 radical (unpaired) electrons. The van der Waals surface area contributed by atoms with Crippen molar-refractivity contribution >= 4 is 5.91 Å². The van der Waals surface area contributed by atoms with Crippen molar-refractivity contribution < 1.29 is 22.7 Å². The van der Waals surface area contributed by atoms with Gasteiger partial charge in [-0.1, -0.05) is 0 Å². The van der Waals surface area contributed by atoms with Gasteiger partial charge < -0.3 is 10.1 Å². The van der Waals surface area contributed by atoms with Crippen molar-refractivity contribution in [1.29, 1.82) is 0 Å². The number of nitrogens with one attached hydrogen (secondary N) is 1. The number of hydrogen-bond donors (Lipinski definition) is 1. The Labute approximate surface area is 60.5 Å². The van der Waals surface area contributed by atoms with Gasteiger partial charge in [-0.15, -0.1) is 0 Å². The van der Waals surface area contributed by atoms with Crippen molar-refractivity contribution in [1.82, 2.24) is 5.32 Å². The maximum Gasteiger partial charge on any atom is 0.410 e. The molecule has 0 unspecified atom stereocenters. The minimum atomic E-state index is -4.41. The van der Waals surface area contributed by atoms with Crippen molar-refractivity contribution in [3.05, 3.63) is 0 Å². The van der Waals surface area contributed by atoms with E-state index in [9.17, 15) is 18.0 Å². The summed E-state index contributed by atoms with van der Waals surface area (Å²) in [7, 11) is 0. The summed E-state index contributed by atoms with van der Waals surface area (Å²) in [5.74, 6) is -0.724. The van der Waals surface area contributed by atoms with E-state index in [1.54, 1.807) is 5.32 Å². The van der Waals surface area contributed by atoms with Crippen molar-refractivity contribution in [3.63, 3.8) is 0 Å². The van der Waals surface area contributed by atoms with Crippen molar-refractivity contribution in [2.75, 3.05) is 13.2 Å². The topological polar surface area (TPSA) is 38.3 Å². The molecule has 1 aliphatic heterocycles. The number of rotatable bonds is 0. The molecule has 1 atom stereocenters. The van der Waals surface area contributed by atoms with Crippen LogP contribution in [-0.2, 0) is 9.53 Å². The number of ether oxygens (including phenoxy) is 1. The molecular formula is C5H6F3NO2. The van der Waals surface area contributed by atoms with Gasteiger partial charge in [-0.3, -0.25) is 4.79 Å². The molecule has 1 rings (SSSR count). The van der Waals surface area contributed by atoms with E-state index in [0.717, 1.165) is 0 Å². The molecular weight excluding hydrogens is 163 g/mol. The molecule has 1 amide bonds. The Morgan fingerprint density at radius 3 is 2.55 bits per heavy atom. The van der Waals surface area contributed by atoms with Gasteiger partial charge in [0, 0.05) is 0 Å². The molecule has 0 saturated carbocycles. The zero-order valence-corrected chi connectivity index (χ0v) is 5.44. The summed E-state index contributed by atoms with van der Waals surface area (Å²) in [6.45, 7) is -0.776. The summed E-state index contributed by atoms with van der Waals surface area (Å²) >= 11 is 0. The first-order valence-corrected chi connectivity index (χ1v) is 2.94. The third-order valence-electron chi connectivity index (χ3n) is 1.25. The van der Waals surface area contributed by atoms with Gasteiger partial charge in [0.05, 0.1) is 6.61 Å². The van der Waals surface area contributed by atoms with E-state index in [2.05, 4.69) is 4.74 Å². The van der Waals surface area contributed by atoms with Gasteiger partial charge in [0.15, 0.2) is 0 Å². The fourth-order valence-electron chi connectivity index (χ4n) is 0.723. The minimum Gasteiger partial charge on any atom is -0.369 e. The number of amides is 1.